The van der Waals surface area contributed by atoms with E-state index < -0.39 is 6.23 Å². The summed E-state index contributed by atoms with van der Waals surface area (Å²) in [7, 11) is 0. The molecule has 0 saturated heterocycles. The monoisotopic (exact) mass is 91.1 g/mol. The third kappa shape index (κ3) is 2.14. The molecule has 0 heterocycles. The van der Waals surface area contributed by atoms with Gasteiger partial charge in [-0.1, -0.05) is 6.92 Å². The first-order chi connectivity index (χ1) is 2.81. The Labute approximate surface area is 36.6 Å². The van der Waals surface area contributed by atoms with Gasteiger partial charge in [-0.25, -0.2) is 0 Å². The zero-order valence-corrected chi connectivity index (χ0v) is 3.68. The Balaban J connectivity index is 2.75. The maximum Gasteiger partial charge on any atom is 0.126 e. The van der Waals surface area contributed by atoms with Gasteiger partial charge in [0.15, 0.2) is 0 Å². The highest BCUT2D eigenvalue weighted by Crippen LogP contribution is 1.77. The molecule has 0 rings (SSSR count). The summed E-state index contributed by atoms with van der Waals surface area (Å²) < 4.78 is 0. The molecule has 38 valence electrons. The molecule has 0 aromatic carbocycles. The lowest BCUT2D eigenvalue weighted by Gasteiger charge is -1.99. The second-order valence-corrected chi connectivity index (χ2v) is 1.05. The summed E-state index contributed by atoms with van der Waals surface area (Å²) in [5, 5.41) is 16.1. The van der Waals surface area contributed by atoms with Gasteiger partial charge in [0.25, 0.3) is 0 Å². The Bertz CT molecular complexity index is 28.0. The molecule has 3 nitrogen and oxygen atoms in total. The van der Waals surface area contributed by atoms with Crippen molar-refractivity contribution in [3.63, 3.8) is 0 Å². The van der Waals surface area contributed by atoms with Crippen LogP contribution in [0.5, 0.6) is 0 Å². The molecule has 3 heteroatoms. The average Bonchev–Trinajstić information content (AvgIpc) is 1.65. The van der Waals surface area contributed by atoms with Crippen molar-refractivity contribution < 1.29 is 10.3 Å². The number of nitrogens with one attached hydrogen (secondary N) is 1. The molecule has 1 atom stereocenters. The second-order valence-electron chi connectivity index (χ2n) is 1.05. The minimum absolute atomic E-state index is 0.524. The Morgan fingerprint density at radius 3 is 2.33 bits per heavy atom. The molecular formula is C3H9NO2. The molecule has 0 spiro atoms. The van der Waals surface area contributed by atoms with Crippen LogP contribution in [0.25, 0.3) is 0 Å². The van der Waals surface area contributed by atoms with Gasteiger partial charge in [0.05, 0.1) is 0 Å². The van der Waals surface area contributed by atoms with E-state index >= 15 is 0 Å². The highest BCUT2D eigenvalue weighted by molar-refractivity contribution is 4.33. The van der Waals surface area contributed by atoms with Gasteiger partial charge in [0.2, 0.25) is 0 Å². The number of hydroxylamine groups is 1. The van der Waals surface area contributed by atoms with E-state index in [0.717, 1.165) is 0 Å². The fourth-order valence-corrected chi connectivity index (χ4v) is 0.0913. The van der Waals surface area contributed by atoms with Crippen molar-refractivity contribution in [1.29, 1.82) is 0 Å². The van der Waals surface area contributed by atoms with Crippen molar-refractivity contribution in [2.45, 2.75) is 19.6 Å². The Hall–Kier alpha value is -0.120. The summed E-state index contributed by atoms with van der Waals surface area (Å²) in [6.07, 6.45) is -0.235. The molecule has 0 aliphatic carbocycles. The molecule has 0 aromatic rings. The molecule has 1 unspecified atom stereocenters. The number of aliphatic hydroxyl groups excluding tert-OH is 1. The SMILES string of the molecule is CCC(O)NO. The quantitative estimate of drug-likeness (QED) is 0.323. The molecule has 0 fully saturated rings. The molecular weight excluding hydrogens is 82.0 g/mol. The molecule has 0 amide bonds. The van der Waals surface area contributed by atoms with Crippen molar-refractivity contribution in [3.05, 3.63) is 0 Å². The van der Waals surface area contributed by atoms with Crippen LogP contribution in [0.1, 0.15) is 13.3 Å². The van der Waals surface area contributed by atoms with Crippen LogP contribution in [0.2, 0.25) is 0 Å². The van der Waals surface area contributed by atoms with Crippen LogP contribution in [0, 0.1) is 0 Å². The lowest BCUT2D eigenvalue weighted by atomic mass is 10.5. The lowest BCUT2D eigenvalue weighted by Crippen LogP contribution is -2.23. The van der Waals surface area contributed by atoms with E-state index in [9.17, 15) is 0 Å². The van der Waals surface area contributed by atoms with Gasteiger partial charge in [-0.05, 0) is 6.42 Å². The van der Waals surface area contributed by atoms with Crippen molar-refractivity contribution in [2.75, 3.05) is 0 Å². The summed E-state index contributed by atoms with van der Waals surface area (Å²) in [5.74, 6) is 0. The second kappa shape index (κ2) is 3.08. The Kier molecular flexibility index (Phi) is 3.02. The van der Waals surface area contributed by atoms with Crippen molar-refractivity contribution in [2.24, 2.45) is 0 Å². The van der Waals surface area contributed by atoms with E-state index in [0.29, 0.717) is 6.42 Å². The predicted molar refractivity (Wildman–Crippen MR) is 21.2 cm³/mol. The smallest absolute Gasteiger partial charge is 0.126 e. The van der Waals surface area contributed by atoms with Gasteiger partial charge in [-0.2, -0.15) is 5.48 Å². The molecule has 0 aliphatic rings. The molecule has 3 N–H and O–H groups in total. The molecule has 6 heavy (non-hydrogen) atoms. The maximum absolute atomic E-state index is 8.31. The first-order valence-electron chi connectivity index (χ1n) is 1.89. The van der Waals surface area contributed by atoms with Crippen LogP contribution in [0.3, 0.4) is 0 Å². The third-order valence-corrected chi connectivity index (χ3v) is 0.536. The summed E-state index contributed by atoms with van der Waals surface area (Å²) in [6, 6.07) is 0. The molecule has 0 aliphatic heterocycles. The minimum Gasteiger partial charge on any atom is -0.377 e. The lowest BCUT2D eigenvalue weighted by molar-refractivity contribution is 0.000371. The van der Waals surface area contributed by atoms with E-state index in [4.69, 9.17) is 10.3 Å². The third-order valence-electron chi connectivity index (χ3n) is 0.536. The first-order valence-corrected chi connectivity index (χ1v) is 1.89. The minimum atomic E-state index is -0.759. The average molecular weight is 91.1 g/mol. The number of aliphatic hydroxyl groups is 1. The highest BCUT2D eigenvalue weighted by atomic mass is 16.5. The molecule has 0 radical (unpaired) electrons. The summed E-state index contributed by atoms with van der Waals surface area (Å²) >= 11 is 0. The normalized spacial score (nSPS) is 14.5. The van der Waals surface area contributed by atoms with Crippen molar-refractivity contribution in [3.8, 4) is 0 Å². The summed E-state index contributed by atoms with van der Waals surface area (Å²) in [4.78, 5) is 0. The van der Waals surface area contributed by atoms with E-state index in [-0.39, 0.29) is 0 Å². The number of hydrogen-bond donors (Lipinski definition) is 3. The maximum atomic E-state index is 8.31. The van der Waals surface area contributed by atoms with Gasteiger partial charge in [0, 0.05) is 0 Å². The fourth-order valence-electron chi connectivity index (χ4n) is 0.0913. The summed E-state index contributed by atoms with van der Waals surface area (Å²) in [5.41, 5.74) is 1.67. The van der Waals surface area contributed by atoms with Crippen LogP contribution in [-0.2, 0) is 0 Å². The van der Waals surface area contributed by atoms with E-state index in [1.807, 2.05) is 0 Å². The molecule has 0 bridgehead atoms. The molecule has 0 aromatic heterocycles. The highest BCUT2D eigenvalue weighted by Gasteiger charge is 1.90. The zero-order chi connectivity index (χ0) is 4.99. The van der Waals surface area contributed by atoms with Crippen LogP contribution in [-0.4, -0.2) is 16.5 Å². The van der Waals surface area contributed by atoms with Gasteiger partial charge in [-0.15, -0.1) is 0 Å². The van der Waals surface area contributed by atoms with Crippen LogP contribution >= 0.6 is 0 Å². The molecule has 0 saturated carbocycles. The number of rotatable bonds is 2. The van der Waals surface area contributed by atoms with Gasteiger partial charge in [-0.3, -0.25) is 0 Å². The van der Waals surface area contributed by atoms with E-state index in [1.165, 1.54) is 0 Å². The Morgan fingerprint density at radius 1 is 1.83 bits per heavy atom. The van der Waals surface area contributed by atoms with Crippen LogP contribution < -0.4 is 5.48 Å². The number of hydrogen-bond acceptors (Lipinski definition) is 3. The largest absolute Gasteiger partial charge is 0.377 e. The van der Waals surface area contributed by atoms with Crippen molar-refractivity contribution >= 4 is 0 Å². The van der Waals surface area contributed by atoms with Crippen LogP contribution in [0.15, 0.2) is 0 Å². The predicted octanol–water partition coefficient (Wildman–Crippen LogP) is -0.306. The first kappa shape index (κ1) is 5.88. The van der Waals surface area contributed by atoms with Gasteiger partial charge >= 0.3 is 0 Å². The summed E-state index contributed by atoms with van der Waals surface area (Å²) in [6.45, 7) is 1.76. The topological polar surface area (TPSA) is 52.5 Å². The van der Waals surface area contributed by atoms with Gasteiger partial charge in [0.1, 0.15) is 6.23 Å². The Morgan fingerprint density at radius 2 is 2.33 bits per heavy atom. The van der Waals surface area contributed by atoms with E-state index in [1.54, 1.807) is 12.4 Å². The van der Waals surface area contributed by atoms with E-state index in [2.05, 4.69) is 0 Å². The van der Waals surface area contributed by atoms with Crippen LogP contribution in [0.4, 0.5) is 0 Å². The fraction of sp³-hybridized carbons (Fsp3) is 1.00. The standard InChI is InChI=1S/C3H9NO2/c1-2-3(5)4-6/h3-6H,2H2,1H3. The zero-order valence-electron chi connectivity index (χ0n) is 3.68. The van der Waals surface area contributed by atoms with Crippen molar-refractivity contribution in [1.82, 2.24) is 5.48 Å². The van der Waals surface area contributed by atoms with Gasteiger partial charge < -0.3 is 10.3 Å².